The van der Waals surface area contributed by atoms with Crippen LogP contribution in [0.1, 0.15) is 27.0 Å². The van der Waals surface area contributed by atoms with E-state index >= 15 is 0 Å². The van der Waals surface area contributed by atoms with Gasteiger partial charge in [0.05, 0.1) is 11.4 Å². The van der Waals surface area contributed by atoms with Crippen LogP contribution in [0.2, 0.25) is 0 Å². The molecule has 0 atom stereocenters. The van der Waals surface area contributed by atoms with Crippen LogP contribution in [-0.4, -0.2) is 18.1 Å². The molecule has 0 aliphatic rings. The smallest absolute Gasteiger partial charge is 0.255 e. The van der Waals surface area contributed by atoms with E-state index in [0.717, 1.165) is 16.7 Å². The maximum absolute atomic E-state index is 13.2. The van der Waals surface area contributed by atoms with Crippen molar-refractivity contribution in [1.82, 2.24) is 5.32 Å². The minimum absolute atomic E-state index is 0.170. The first-order chi connectivity index (χ1) is 17.5. The van der Waals surface area contributed by atoms with Crippen molar-refractivity contribution in [2.45, 2.75) is 11.4 Å². The molecule has 0 aromatic heterocycles. The number of anilines is 2. The molecule has 0 aliphatic carbocycles. The monoisotopic (exact) mass is 493 g/mol. The summed E-state index contributed by atoms with van der Waals surface area (Å²) in [5, 5.41) is 5.83. The average Bonchev–Trinajstić information content (AvgIpc) is 2.92. The SMILES string of the molecule is CSc1ccc(/C=C(/C(=O)NCc2ccc(C(=O)Nc3ccccc3N)cc2)c2ccccc2)cc1. The zero-order valence-electron chi connectivity index (χ0n) is 19.9. The Morgan fingerprint density at radius 3 is 2.14 bits per heavy atom. The van der Waals surface area contributed by atoms with Gasteiger partial charge in [0.15, 0.2) is 0 Å². The second kappa shape index (κ2) is 11.9. The van der Waals surface area contributed by atoms with Crippen LogP contribution in [0.25, 0.3) is 11.6 Å². The normalized spacial score (nSPS) is 11.1. The fraction of sp³-hybridized carbons (Fsp3) is 0.0667. The average molecular weight is 494 g/mol. The molecular formula is C30H27N3O2S. The Morgan fingerprint density at radius 1 is 0.806 bits per heavy atom. The van der Waals surface area contributed by atoms with Gasteiger partial charge in [0.1, 0.15) is 0 Å². The van der Waals surface area contributed by atoms with Crippen LogP contribution in [0.4, 0.5) is 11.4 Å². The summed E-state index contributed by atoms with van der Waals surface area (Å²) in [6.07, 6.45) is 3.93. The number of carbonyl (C=O) groups is 2. The van der Waals surface area contributed by atoms with Crippen molar-refractivity contribution in [3.63, 3.8) is 0 Å². The number of benzene rings is 4. The first-order valence-electron chi connectivity index (χ1n) is 11.5. The van der Waals surface area contributed by atoms with E-state index < -0.39 is 0 Å². The number of rotatable bonds is 8. The lowest BCUT2D eigenvalue weighted by Gasteiger charge is -2.11. The molecule has 0 heterocycles. The van der Waals surface area contributed by atoms with Crippen LogP contribution in [-0.2, 0) is 11.3 Å². The third-order valence-electron chi connectivity index (χ3n) is 5.63. The van der Waals surface area contributed by atoms with Crippen molar-refractivity contribution in [2.24, 2.45) is 0 Å². The molecule has 36 heavy (non-hydrogen) atoms. The van der Waals surface area contributed by atoms with Crippen LogP contribution >= 0.6 is 11.8 Å². The van der Waals surface area contributed by atoms with Crippen molar-refractivity contribution in [1.29, 1.82) is 0 Å². The number of hydrogen-bond donors (Lipinski definition) is 3. The minimum Gasteiger partial charge on any atom is -0.397 e. The molecule has 180 valence electrons. The van der Waals surface area contributed by atoms with Crippen LogP contribution in [0.15, 0.2) is 108 Å². The number of nitrogens with one attached hydrogen (secondary N) is 2. The van der Waals surface area contributed by atoms with Crippen LogP contribution in [0.5, 0.6) is 0 Å². The lowest BCUT2D eigenvalue weighted by Crippen LogP contribution is -2.24. The number of amides is 2. The van der Waals surface area contributed by atoms with Gasteiger partial charge in [0.25, 0.3) is 11.8 Å². The number of carbonyl (C=O) groups excluding carboxylic acids is 2. The van der Waals surface area contributed by atoms with Gasteiger partial charge in [-0.2, -0.15) is 0 Å². The fourth-order valence-corrected chi connectivity index (χ4v) is 4.03. The highest BCUT2D eigenvalue weighted by atomic mass is 32.2. The maximum Gasteiger partial charge on any atom is 0.255 e. The van der Waals surface area contributed by atoms with Gasteiger partial charge in [-0.15, -0.1) is 11.8 Å². The van der Waals surface area contributed by atoms with E-state index in [-0.39, 0.29) is 11.8 Å². The van der Waals surface area contributed by atoms with E-state index in [4.69, 9.17) is 5.73 Å². The zero-order chi connectivity index (χ0) is 25.3. The molecule has 4 aromatic rings. The topological polar surface area (TPSA) is 84.2 Å². The molecule has 5 nitrogen and oxygen atoms in total. The van der Waals surface area contributed by atoms with Gasteiger partial charge >= 0.3 is 0 Å². The predicted molar refractivity (Wildman–Crippen MR) is 150 cm³/mol. The van der Waals surface area contributed by atoms with Gasteiger partial charge < -0.3 is 16.4 Å². The van der Waals surface area contributed by atoms with Crippen LogP contribution < -0.4 is 16.4 Å². The number of nitrogens with two attached hydrogens (primary N) is 1. The first-order valence-corrected chi connectivity index (χ1v) is 12.7. The Morgan fingerprint density at radius 2 is 1.47 bits per heavy atom. The molecule has 4 rings (SSSR count). The van der Waals surface area contributed by atoms with E-state index in [1.807, 2.05) is 91.2 Å². The standard InChI is InChI=1S/C30H27N3O2S/c1-36-25-17-13-21(14-18-25)19-26(23-7-3-2-4-8-23)30(35)32-20-22-11-15-24(16-12-22)29(34)33-28-10-6-5-9-27(28)31/h2-19H,20,31H2,1H3,(H,32,35)(H,33,34)/b26-19+. The molecule has 0 saturated carbocycles. The lowest BCUT2D eigenvalue weighted by molar-refractivity contribution is -0.115. The number of hydrogen-bond acceptors (Lipinski definition) is 4. The second-order valence-electron chi connectivity index (χ2n) is 8.12. The molecule has 0 spiro atoms. The molecule has 4 aromatic carbocycles. The Balaban J connectivity index is 1.44. The van der Waals surface area contributed by atoms with E-state index in [2.05, 4.69) is 10.6 Å². The van der Waals surface area contributed by atoms with Crippen LogP contribution in [0.3, 0.4) is 0 Å². The van der Waals surface area contributed by atoms with E-state index in [0.29, 0.717) is 29.1 Å². The van der Waals surface area contributed by atoms with Crippen LogP contribution in [0, 0.1) is 0 Å². The summed E-state index contributed by atoms with van der Waals surface area (Å²) in [7, 11) is 0. The summed E-state index contributed by atoms with van der Waals surface area (Å²) in [6, 6.07) is 32.0. The molecular weight excluding hydrogens is 466 g/mol. The quantitative estimate of drug-likeness (QED) is 0.120. The second-order valence-corrected chi connectivity index (χ2v) is 9.00. The summed E-state index contributed by atoms with van der Waals surface area (Å²) in [5.41, 5.74) is 10.8. The molecule has 6 heteroatoms. The summed E-state index contributed by atoms with van der Waals surface area (Å²) >= 11 is 1.68. The highest BCUT2D eigenvalue weighted by molar-refractivity contribution is 7.98. The molecule has 0 radical (unpaired) electrons. The van der Waals surface area contributed by atoms with Crippen molar-refractivity contribution < 1.29 is 9.59 Å². The minimum atomic E-state index is -0.245. The van der Waals surface area contributed by atoms with Crippen molar-refractivity contribution in [3.8, 4) is 0 Å². The Hall–Kier alpha value is -4.29. The lowest BCUT2D eigenvalue weighted by atomic mass is 10.0. The Bertz CT molecular complexity index is 1370. The predicted octanol–water partition coefficient (Wildman–Crippen LogP) is 6.10. The van der Waals surface area contributed by atoms with E-state index in [1.165, 1.54) is 4.90 Å². The maximum atomic E-state index is 13.2. The molecule has 0 saturated heterocycles. The Labute approximate surface area is 215 Å². The molecule has 2 amide bonds. The molecule has 0 bridgehead atoms. The van der Waals surface area contributed by atoms with Crippen molar-refractivity contribution in [3.05, 3.63) is 125 Å². The molecule has 4 N–H and O–H groups in total. The van der Waals surface area contributed by atoms with Gasteiger partial charge in [-0.25, -0.2) is 0 Å². The van der Waals surface area contributed by atoms with Gasteiger partial charge in [-0.3, -0.25) is 9.59 Å². The first kappa shape index (κ1) is 24.8. The van der Waals surface area contributed by atoms with Crippen molar-refractivity contribution >= 4 is 46.6 Å². The fourth-order valence-electron chi connectivity index (χ4n) is 3.62. The number of nitrogen functional groups attached to an aromatic ring is 1. The largest absolute Gasteiger partial charge is 0.397 e. The van der Waals surface area contributed by atoms with Gasteiger partial charge in [0, 0.05) is 22.6 Å². The van der Waals surface area contributed by atoms with Gasteiger partial charge in [0.2, 0.25) is 0 Å². The molecule has 0 aliphatic heterocycles. The summed E-state index contributed by atoms with van der Waals surface area (Å²) in [6.45, 7) is 0.335. The summed E-state index contributed by atoms with van der Waals surface area (Å²) < 4.78 is 0. The molecule has 0 fully saturated rings. The van der Waals surface area contributed by atoms with E-state index in [9.17, 15) is 9.59 Å². The Kier molecular flexibility index (Phi) is 8.21. The third-order valence-corrected chi connectivity index (χ3v) is 6.38. The number of thioether (sulfide) groups is 1. The molecule has 0 unspecified atom stereocenters. The zero-order valence-corrected chi connectivity index (χ0v) is 20.7. The summed E-state index contributed by atoms with van der Waals surface area (Å²) in [4.78, 5) is 26.9. The third kappa shape index (κ3) is 6.43. The van der Waals surface area contributed by atoms with E-state index in [1.54, 1.807) is 36.0 Å². The number of para-hydroxylation sites is 2. The highest BCUT2D eigenvalue weighted by Gasteiger charge is 2.13. The highest BCUT2D eigenvalue weighted by Crippen LogP contribution is 2.22. The summed E-state index contributed by atoms with van der Waals surface area (Å²) in [5.74, 6) is -0.415. The van der Waals surface area contributed by atoms with Gasteiger partial charge in [-0.05, 0) is 65.4 Å². The van der Waals surface area contributed by atoms with Crippen molar-refractivity contribution in [2.75, 3.05) is 17.3 Å². The van der Waals surface area contributed by atoms with Gasteiger partial charge in [-0.1, -0.05) is 66.7 Å².